The average Bonchev–Trinajstić information content (AvgIpc) is 3.24. The Bertz CT molecular complexity index is 1440. The first-order chi connectivity index (χ1) is 16.4. The van der Waals surface area contributed by atoms with Gasteiger partial charge in [0.1, 0.15) is 0 Å². The third-order valence-electron chi connectivity index (χ3n) is 5.87. The third-order valence-corrected chi connectivity index (χ3v) is 6.97. The molecule has 8 heteroatoms. The van der Waals surface area contributed by atoms with Gasteiger partial charge in [-0.05, 0) is 0 Å². The molecule has 0 aliphatic heterocycles. The van der Waals surface area contributed by atoms with Crippen LogP contribution in [-0.4, -0.2) is 42.1 Å². The fourth-order valence-corrected chi connectivity index (χ4v) is 4.30. The summed E-state index contributed by atoms with van der Waals surface area (Å²) in [5.41, 5.74) is 4.13. The second-order valence-corrected chi connectivity index (χ2v) is 10.1. The van der Waals surface area contributed by atoms with Crippen molar-refractivity contribution >= 4 is 42.8 Å². The van der Waals surface area contributed by atoms with Crippen LogP contribution in [0.25, 0.3) is 39.1 Å². The molecular formula is C26H21F3N4Sn. The number of aromatic nitrogens is 4. The summed E-state index contributed by atoms with van der Waals surface area (Å²) in [4.78, 5) is 4.77. The molecule has 0 saturated heterocycles. The van der Waals surface area contributed by atoms with Gasteiger partial charge in [0.25, 0.3) is 0 Å². The van der Waals surface area contributed by atoms with Crippen LogP contribution < -0.4 is 3.58 Å². The molecule has 0 spiro atoms. The molecule has 0 N–H and O–H groups in total. The van der Waals surface area contributed by atoms with Gasteiger partial charge < -0.3 is 0 Å². The van der Waals surface area contributed by atoms with Gasteiger partial charge in [-0.15, -0.1) is 0 Å². The van der Waals surface area contributed by atoms with E-state index in [1.807, 2.05) is 54.6 Å². The summed E-state index contributed by atoms with van der Waals surface area (Å²) >= 11 is 1.01. The van der Waals surface area contributed by atoms with Crippen LogP contribution in [0, 0.1) is 0 Å². The summed E-state index contributed by atoms with van der Waals surface area (Å²) < 4.78 is 42.9. The molecule has 0 unspecified atom stereocenters. The van der Waals surface area contributed by atoms with Gasteiger partial charge in [-0.25, -0.2) is 0 Å². The van der Waals surface area contributed by atoms with E-state index in [1.165, 1.54) is 35.3 Å². The van der Waals surface area contributed by atoms with Gasteiger partial charge in [0.15, 0.2) is 0 Å². The normalized spacial score (nSPS) is 13.4. The Balaban J connectivity index is 0.000000547. The number of hydrogen-bond acceptors (Lipinski definition) is 3. The predicted molar refractivity (Wildman–Crippen MR) is 129 cm³/mol. The molecule has 1 saturated carbocycles. The molecule has 1 aliphatic carbocycles. The topological polar surface area (TPSA) is 43.1 Å². The number of benzene rings is 2. The van der Waals surface area contributed by atoms with Crippen molar-refractivity contribution in [2.45, 2.75) is 31.9 Å². The summed E-state index contributed by atoms with van der Waals surface area (Å²) in [6, 6.07) is 22.5. The Morgan fingerprint density at radius 2 is 1.44 bits per heavy atom. The maximum atomic E-state index is 13.5. The van der Waals surface area contributed by atoms with Crippen LogP contribution in [0.15, 0.2) is 72.8 Å². The SMILES string of the molecule is C1CCC1.FC(F)(F)c1nnc2ccc3nc(-c4cc[c]([SnH])cc4)c(-c4ccccc4)cc3n12. The Labute approximate surface area is 208 Å². The number of rotatable bonds is 2. The molecule has 3 heterocycles. The summed E-state index contributed by atoms with van der Waals surface area (Å²) in [6.07, 6.45) is 1.37. The van der Waals surface area contributed by atoms with E-state index in [9.17, 15) is 13.2 Å². The second kappa shape index (κ2) is 9.37. The van der Waals surface area contributed by atoms with E-state index >= 15 is 0 Å². The van der Waals surface area contributed by atoms with Crippen LogP contribution in [0.2, 0.25) is 0 Å². The first-order valence-electron chi connectivity index (χ1n) is 11.1. The zero-order valence-electron chi connectivity index (χ0n) is 18.3. The number of halogens is 3. The summed E-state index contributed by atoms with van der Waals surface area (Å²) in [6.45, 7) is 0. The van der Waals surface area contributed by atoms with Crippen molar-refractivity contribution in [1.82, 2.24) is 19.6 Å². The third kappa shape index (κ3) is 4.53. The maximum absolute atomic E-state index is 13.5. The van der Waals surface area contributed by atoms with Crippen molar-refractivity contribution in [3.63, 3.8) is 0 Å². The van der Waals surface area contributed by atoms with Gasteiger partial charge in [-0.1, -0.05) is 25.7 Å². The first-order valence-corrected chi connectivity index (χ1v) is 12.7. The number of hydrogen-bond donors (Lipinski definition) is 0. The number of nitrogens with zero attached hydrogens (tertiary/aromatic N) is 4. The zero-order valence-corrected chi connectivity index (χ0v) is 21.6. The molecule has 34 heavy (non-hydrogen) atoms. The van der Waals surface area contributed by atoms with Gasteiger partial charge in [0.2, 0.25) is 0 Å². The van der Waals surface area contributed by atoms with Crippen molar-refractivity contribution in [3.05, 3.63) is 78.6 Å². The Kier molecular flexibility index (Phi) is 6.29. The monoisotopic (exact) mass is 566 g/mol. The molecule has 1 aliphatic rings. The van der Waals surface area contributed by atoms with Crippen LogP contribution >= 0.6 is 0 Å². The molecule has 170 valence electrons. The molecule has 4 nitrogen and oxygen atoms in total. The van der Waals surface area contributed by atoms with Gasteiger partial charge in [-0.3, -0.25) is 0 Å². The molecule has 0 bridgehead atoms. The van der Waals surface area contributed by atoms with Gasteiger partial charge in [0, 0.05) is 0 Å². The predicted octanol–water partition coefficient (Wildman–Crippen LogP) is 5.72. The molecule has 0 amide bonds. The van der Waals surface area contributed by atoms with Gasteiger partial charge in [0.05, 0.1) is 0 Å². The summed E-state index contributed by atoms with van der Waals surface area (Å²) in [5.74, 6) is -1.06. The van der Waals surface area contributed by atoms with Crippen molar-refractivity contribution in [2.24, 2.45) is 0 Å². The Morgan fingerprint density at radius 1 is 0.765 bits per heavy atom. The average molecular weight is 565 g/mol. The van der Waals surface area contributed by atoms with E-state index in [0.29, 0.717) is 11.0 Å². The van der Waals surface area contributed by atoms with E-state index in [2.05, 4.69) is 10.2 Å². The first kappa shape index (κ1) is 22.8. The van der Waals surface area contributed by atoms with Crippen LogP contribution in [0.3, 0.4) is 0 Å². The minimum atomic E-state index is -4.63. The van der Waals surface area contributed by atoms with Gasteiger partial charge >= 0.3 is 183 Å². The van der Waals surface area contributed by atoms with Crippen LogP contribution in [0.1, 0.15) is 31.5 Å². The van der Waals surface area contributed by atoms with Crippen LogP contribution in [-0.2, 0) is 6.18 Å². The molecule has 5 aromatic rings. The molecule has 0 atom stereocenters. The molecule has 6 rings (SSSR count). The Morgan fingerprint density at radius 3 is 2.06 bits per heavy atom. The van der Waals surface area contributed by atoms with E-state index in [1.54, 1.807) is 12.1 Å². The molecule has 1 fully saturated rings. The summed E-state index contributed by atoms with van der Waals surface area (Å²) in [5, 5.41) is 7.07. The quantitative estimate of drug-likeness (QED) is 0.258. The zero-order chi connectivity index (χ0) is 23.7. The van der Waals surface area contributed by atoms with Crippen molar-refractivity contribution in [1.29, 1.82) is 0 Å². The van der Waals surface area contributed by atoms with Crippen molar-refractivity contribution in [3.8, 4) is 22.4 Å². The van der Waals surface area contributed by atoms with Crippen molar-refractivity contribution in [2.75, 3.05) is 0 Å². The standard InChI is InChI=1S/C22H12F3N4.C4H8.Sn.H/c23-22(24,25)21-28-27-19-12-11-17-18(29(19)21)13-16(14-7-3-1-4-8-14)20(26-17)15-9-5-2-6-10-15;1-2-4-3-1;;/h1,3-13H;1-4H2;;. The molecular weight excluding hydrogens is 544 g/mol. The van der Waals surface area contributed by atoms with E-state index < -0.39 is 12.0 Å². The van der Waals surface area contributed by atoms with Crippen LogP contribution in [0.5, 0.6) is 0 Å². The minimum absolute atomic E-state index is 0.128. The fourth-order valence-electron chi connectivity index (χ4n) is 3.75. The van der Waals surface area contributed by atoms with Gasteiger partial charge in [-0.2, -0.15) is 0 Å². The number of alkyl halides is 3. The van der Waals surface area contributed by atoms with E-state index in [0.717, 1.165) is 49.3 Å². The fraction of sp³-hybridized carbons (Fsp3) is 0.192. The van der Waals surface area contributed by atoms with Crippen molar-refractivity contribution < 1.29 is 13.2 Å². The molecule has 3 aromatic heterocycles. The number of fused-ring (bicyclic) bond motifs is 3. The molecule has 2 radical (unpaired) electrons. The summed E-state index contributed by atoms with van der Waals surface area (Å²) in [7, 11) is 0. The molecule has 2 aromatic carbocycles. The Hall–Kier alpha value is -2.94. The van der Waals surface area contributed by atoms with E-state index in [-0.39, 0.29) is 5.65 Å². The van der Waals surface area contributed by atoms with Crippen LogP contribution in [0.4, 0.5) is 13.2 Å². The second-order valence-electron chi connectivity index (χ2n) is 8.24. The van der Waals surface area contributed by atoms with E-state index in [4.69, 9.17) is 4.98 Å². The number of pyridine rings is 2.